The number of primary amides is 1. The number of hydrogen-bond donors (Lipinski definition) is 2. The van der Waals surface area contributed by atoms with Crippen molar-refractivity contribution in [3.63, 3.8) is 0 Å². The van der Waals surface area contributed by atoms with Crippen molar-refractivity contribution >= 4 is 33.7 Å². The molecule has 37 heavy (non-hydrogen) atoms. The number of halogens is 4. The summed E-state index contributed by atoms with van der Waals surface area (Å²) in [4.78, 5) is 23.6. The molecule has 1 heterocycles. The third-order valence-electron chi connectivity index (χ3n) is 6.16. The fraction of sp³-hybridized carbons (Fsp3) is 0.259. The zero-order chi connectivity index (χ0) is 26.9. The van der Waals surface area contributed by atoms with Crippen LogP contribution in [0.5, 0.6) is 5.75 Å². The smallest absolute Gasteiger partial charge is 0.419 e. The topological polar surface area (TPSA) is 94.6 Å². The number of carboxylic acids is 1. The number of fused-ring (bicyclic) bond motifs is 3. The van der Waals surface area contributed by atoms with Crippen molar-refractivity contribution in [2.75, 3.05) is 6.61 Å². The summed E-state index contributed by atoms with van der Waals surface area (Å²) in [6.45, 7) is 1.07. The van der Waals surface area contributed by atoms with Gasteiger partial charge in [0.15, 0.2) is 6.61 Å². The maximum absolute atomic E-state index is 15.0. The van der Waals surface area contributed by atoms with E-state index in [1.165, 1.54) is 12.1 Å². The van der Waals surface area contributed by atoms with Gasteiger partial charge in [-0.2, -0.15) is 13.2 Å². The molecular formula is C27H24F4N2O4. The van der Waals surface area contributed by atoms with Crippen LogP contribution in [0.15, 0.2) is 48.5 Å². The van der Waals surface area contributed by atoms with Crippen molar-refractivity contribution in [3.8, 4) is 5.75 Å². The summed E-state index contributed by atoms with van der Waals surface area (Å²) < 4.78 is 62.3. The Morgan fingerprint density at radius 1 is 1.05 bits per heavy atom. The molecule has 3 N–H and O–H groups in total. The third kappa shape index (κ3) is 5.09. The average Bonchev–Trinajstić information content (AvgIpc) is 3.15. The van der Waals surface area contributed by atoms with Gasteiger partial charge in [0.2, 0.25) is 5.91 Å². The van der Waals surface area contributed by atoms with Gasteiger partial charge in [0.1, 0.15) is 11.6 Å². The molecular weight excluding hydrogens is 492 g/mol. The molecule has 0 spiro atoms. The first-order chi connectivity index (χ1) is 17.5. The fourth-order valence-corrected chi connectivity index (χ4v) is 4.52. The van der Waals surface area contributed by atoms with Gasteiger partial charge in [0.25, 0.3) is 0 Å². The van der Waals surface area contributed by atoms with E-state index < -0.39 is 36.0 Å². The number of carboxylic acid groups (broad SMARTS) is 1. The van der Waals surface area contributed by atoms with Gasteiger partial charge >= 0.3 is 12.1 Å². The van der Waals surface area contributed by atoms with Gasteiger partial charge in [-0.05, 0) is 48.7 Å². The predicted octanol–water partition coefficient (Wildman–Crippen LogP) is 5.91. The van der Waals surface area contributed by atoms with Gasteiger partial charge in [0, 0.05) is 16.5 Å². The van der Waals surface area contributed by atoms with E-state index in [4.69, 9.17) is 10.5 Å². The Hall–Kier alpha value is -4.08. The molecule has 0 aliphatic carbocycles. The van der Waals surface area contributed by atoms with Crippen molar-refractivity contribution in [3.05, 3.63) is 76.6 Å². The van der Waals surface area contributed by atoms with E-state index in [9.17, 15) is 27.9 Å². The summed E-state index contributed by atoms with van der Waals surface area (Å²) >= 11 is 0. The van der Waals surface area contributed by atoms with Crippen LogP contribution in [0.3, 0.4) is 0 Å². The molecule has 0 radical (unpaired) electrons. The number of aromatic nitrogens is 1. The molecule has 10 heteroatoms. The normalized spacial score (nSPS) is 11.8. The van der Waals surface area contributed by atoms with Gasteiger partial charge in [-0.15, -0.1) is 0 Å². The summed E-state index contributed by atoms with van der Waals surface area (Å²) in [5.41, 5.74) is 5.82. The van der Waals surface area contributed by atoms with E-state index >= 15 is 4.39 Å². The highest BCUT2D eigenvalue weighted by atomic mass is 19.4. The monoisotopic (exact) mass is 516 g/mol. The molecule has 1 amide bonds. The lowest BCUT2D eigenvalue weighted by atomic mass is 10.0. The number of rotatable bonds is 9. The molecule has 0 saturated carbocycles. The molecule has 4 aromatic rings. The second-order valence-corrected chi connectivity index (χ2v) is 8.70. The van der Waals surface area contributed by atoms with Crippen molar-refractivity contribution in [1.82, 2.24) is 4.57 Å². The van der Waals surface area contributed by atoms with Crippen LogP contribution in [-0.4, -0.2) is 28.2 Å². The third-order valence-corrected chi connectivity index (χ3v) is 6.16. The number of aliphatic carboxylic acids is 1. The van der Waals surface area contributed by atoms with Crippen LogP contribution in [0.1, 0.15) is 46.8 Å². The lowest BCUT2D eigenvalue weighted by Gasteiger charge is -2.14. The van der Waals surface area contributed by atoms with Crippen molar-refractivity contribution in [2.45, 2.75) is 38.9 Å². The number of carbonyl (C=O) groups is 2. The Morgan fingerprint density at radius 2 is 1.78 bits per heavy atom. The minimum absolute atomic E-state index is 0.118. The van der Waals surface area contributed by atoms with Crippen molar-refractivity contribution in [1.29, 1.82) is 0 Å². The van der Waals surface area contributed by atoms with Crippen LogP contribution in [0.4, 0.5) is 17.6 Å². The van der Waals surface area contributed by atoms with Crippen LogP contribution in [0, 0.1) is 5.82 Å². The molecule has 6 nitrogen and oxygen atoms in total. The lowest BCUT2D eigenvalue weighted by Crippen LogP contribution is -2.12. The maximum Gasteiger partial charge on any atom is 0.419 e. The van der Waals surface area contributed by atoms with Crippen LogP contribution in [-0.2, 0) is 23.9 Å². The van der Waals surface area contributed by atoms with Crippen molar-refractivity contribution < 1.29 is 37.0 Å². The second kappa shape index (κ2) is 10.1. The minimum atomic E-state index is -4.87. The predicted molar refractivity (Wildman–Crippen MR) is 130 cm³/mol. The Morgan fingerprint density at radius 3 is 2.43 bits per heavy atom. The molecule has 194 valence electrons. The van der Waals surface area contributed by atoms with Crippen LogP contribution in [0.25, 0.3) is 21.8 Å². The minimum Gasteiger partial charge on any atom is -0.481 e. The molecule has 0 aliphatic rings. The average molecular weight is 516 g/mol. The summed E-state index contributed by atoms with van der Waals surface area (Å²) in [6, 6.07) is 11.3. The molecule has 0 atom stereocenters. The first kappa shape index (κ1) is 26.0. The summed E-state index contributed by atoms with van der Waals surface area (Å²) in [6.07, 6.45) is -2.55. The first-order valence-electron chi connectivity index (χ1n) is 11.6. The highest BCUT2D eigenvalue weighted by Gasteiger charge is 2.35. The van der Waals surface area contributed by atoms with E-state index in [1.807, 2.05) is 6.92 Å². The quantitative estimate of drug-likeness (QED) is 0.271. The van der Waals surface area contributed by atoms with E-state index in [2.05, 4.69) is 0 Å². The number of aryl methyl sites for hydroxylation is 1. The van der Waals surface area contributed by atoms with Gasteiger partial charge in [-0.1, -0.05) is 31.5 Å². The summed E-state index contributed by atoms with van der Waals surface area (Å²) in [7, 11) is 0. The Balaban J connectivity index is 2.05. The highest BCUT2D eigenvalue weighted by Crippen LogP contribution is 2.40. The molecule has 0 aliphatic heterocycles. The number of carbonyl (C=O) groups excluding carboxylic acids is 1. The van der Waals surface area contributed by atoms with Crippen LogP contribution >= 0.6 is 0 Å². The Kier molecular flexibility index (Phi) is 7.11. The molecule has 0 fully saturated rings. The zero-order valence-corrected chi connectivity index (χ0v) is 19.9. The molecule has 0 saturated heterocycles. The summed E-state index contributed by atoms with van der Waals surface area (Å²) in [5.74, 6) is -3.17. The number of benzene rings is 3. The van der Waals surface area contributed by atoms with Crippen molar-refractivity contribution in [2.24, 2.45) is 5.73 Å². The maximum atomic E-state index is 15.0. The summed E-state index contributed by atoms with van der Waals surface area (Å²) in [5, 5.41) is 9.92. The number of hydrogen-bond acceptors (Lipinski definition) is 3. The van der Waals surface area contributed by atoms with Gasteiger partial charge in [-0.25, -0.2) is 9.18 Å². The first-order valence-corrected chi connectivity index (χ1v) is 11.6. The number of nitrogens with zero attached hydrogens (tertiary/aromatic N) is 1. The van der Waals surface area contributed by atoms with Gasteiger partial charge in [-0.3, -0.25) is 4.79 Å². The van der Waals surface area contributed by atoms with Crippen LogP contribution < -0.4 is 10.5 Å². The lowest BCUT2D eigenvalue weighted by molar-refractivity contribution is -0.140. The Labute approximate surface area is 209 Å². The highest BCUT2D eigenvalue weighted by molar-refractivity contribution is 6.20. The van der Waals surface area contributed by atoms with Gasteiger partial charge in [0.05, 0.1) is 28.5 Å². The zero-order valence-electron chi connectivity index (χ0n) is 19.9. The van der Waals surface area contributed by atoms with E-state index in [0.717, 1.165) is 24.5 Å². The molecule has 0 unspecified atom stereocenters. The standard InChI is InChI=1S/C27H24F4N2O4/c1-2-3-6-15-11-20-24(21(12-15)37-14-22(34)35)23-17(26(32)36)8-5-10-19(23)33(20)13-16-7-4-9-18(25(16)28)27(29,30)31/h4-5,7-12H,2-3,6,13-14H2,1H3,(H2,32,36)(H,34,35). The van der Waals surface area contributed by atoms with E-state index in [0.29, 0.717) is 34.3 Å². The van der Waals surface area contributed by atoms with Gasteiger partial charge < -0.3 is 20.1 Å². The SMILES string of the molecule is CCCCc1cc(OCC(=O)O)c2c3c(C(N)=O)cccc3n(Cc3cccc(C(F)(F)F)c3F)c2c1. The number of alkyl halides is 3. The van der Waals surface area contributed by atoms with Crippen LogP contribution in [0.2, 0.25) is 0 Å². The number of ether oxygens (including phenoxy) is 1. The molecule has 0 bridgehead atoms. The fourth-order valence-electron chi connectivity index (χ4n) is 4.52. The second-order valence-electron chi connectivity index (χ2n) is 8.70. The number of nitrogens with two attached hydrogens (primary N) is 1. The molecule has 1 aromatic heterocycles. The number of unbranched alkanes of at least 4 members (excludes halogenated alkanes) is 1. The largest absolute Gasteiger partial charge is 0.481 e. The number of amides is 1. The van der Waals surface area contributed by atoms with E-state index in [1.54, 1.807) is 28.8 Å². The molecule has 3 aromatic carbocycles. The Bertz CT molecular complexity index is 1510. The van der Waals surface area contributed by atoms with E-state index in [-0.39, 0.29) is 23.4 Å². The molecule has 4 rings (SSSR count).